The number of allylic oxidation sites excluding steroid dienone is 2. The summed E-state index contributed by atoms with van der Waals surface area (Å²) in [4.78, 5) is 1.31. The SMILES string of the molecule is BrC1=C[C@@]2(Br)[C@@H]3[C@H]4C[C@@H]([C@H](Br)[C@H]4[C@@H]2Br)[C@H]13. The van der Waals surface area contributed by atoms with E-state index in [9.17, 15) is 0 Å². The van der Waals surface area contributed by atoms with Crippen LogP contribution < -0.4 is 0 Å². The van der Waals surface area contributed by atoms with Gasteiger partial charge in [0.05, 0.1) is 4.32 Å². The summed E-state index contributed by atoms with van der Waals surface area (Å²) in [7, 11) is 0. The Labute approximate surface area is 123 Å². The third-order valence-electron chi connectivity index (χ3n) is 5.07. The summed E-state index contributed by atoms with van der Waals surface area (Å²) in [5, 5.41) is 0. The van der Waals surface area contributed by atoms with E-state index in [1.807, 2.05) is 0 Å². The van der Waals surface area contributed by atoms with Crippen molar-refractivity contribution in [3.63, 3.8) is 0 Å². The molecule has 3 saturated carbocycles. The van der Waals surface area contributed by atoms with E-state index in [-0.39, 0.29) is 4.32 Å². The summed E-state index contributed by atoms with van der Waals surface area (Å²) in [5.74, 6) is 4.21. The Hall–Kier alpha value is 1.66. The van der Waals surface area contributed by atoms with Gasteiger partial charge in [-0.15, -0.1) is 0 Å². The fraction of sp³-hybridized carbons (Fsp3) is 0.818. The number of rotatable bonds is 0. The van der Waals surface area contributed by atoms with Gasteiger partial charge in [-0.25, -0.2) is 0 Å². The second kappa shape index (κ2) is 2.97. The maximum atomic E-state index is 4.02. The Morgan fingerprint density at radius 1 is 1.27 bits per heavy atom. The van der Waals surface area contributed by atoms with Crippen LogP contribution in [0, 0.1) is 29.6 Å². The molecule has 4 aliphatic rings. The fourth-order valence-electron chi connectivity index (χ4n) is 4.71. The molecule has 8 atom stereocenters. The molecule has 0 heterocycles. The number of fused-ring (bicyclic) bond motifs is 2. The van der Waals surface area contributed by atoms with Gasteiger partial charge in [0.15, 0.2) is 0 Å². The highest BCUT2D eigenvalue weighted by Crippen LogP contribution is 2.75. The molecule has 4 aliphatic carbocycles. The summed E-state index contributed by atoms with van der Waals surface area (Å²) in [6, 6.07) is 0. The van der Waals surface area contributed by atoms with E-state index in [1.165, 1.54) is 10.9 Å². The van der Waals surface area contributed by atoms with Crippen molar-refractivity contribution < 1.29 is 0 Å². The Kier molecular flexibility index (Phi) is 2.09. The number of halogens is 4. The van der Waals surface area contributed by atoms with E-state index in [2.05, 4.69) is 69.8 Å². The molecule has 0 radical (unpaired) electrons. The Morgan fingerprint density at radius 2 is 2.00 bits per heavy atom. The molecule has 2 bridgehead atoms. The third-order valence-corrected chi connectivity index (χ3v) is 10.4. The summed E-state index contributed by atoms with van der Waals surface area (Å²) < 4.78 is 1.67. The van der Waals surface area contributed by atoms with Crippen LogP contribution in [-0.2, 0) is 0 Å². The van der Waals surface area contributed by atoms with E-state index in [0.717, 1.165) is 29.6 Å². The molecule has 0 N–H and O–H groups in total. The minimum atomic E-state index is 0.225. The minimum absolute atomic E-state index is 0.225. The van der Waals surface area contributed by atoms with Crippen molar-refractivity contribution >= 4 is 63.7 Å². The molecule has 0 amide bonds. The largest absolute Gasteiger partial charge is 0.0884 e. The molecule has 0 saturated heterocycles. The Balaban J connectivity index is 1.96. The number of alkyl halides is 3. The average Bonchev–Trinajstić information content (AvgIpc) is 2.79. The van der Waals surface area contributed by atoms with Gasteiger partial charge in [0.2, 0.25) is 0 Å². The van der Waals surface area contributed by atoms with Crippen LogP contribution in [-0.4, -0.2) is 14.0 Å². The third kappa shape index (κ3) is 0.978. The monoisotopic (exact) mass is 458 g/mol. The molecule has 0 unspecified atom stereocenters. The van der Waals surface area contributed by atoms with Crippen molar-refractivity contribution in [3.8, 4) is 0 Å². The van der Waals surface area contributed by atoms with Crippen LogP contribution in [0.2, 0.25) is 0 Å². The molecule has 3 fully saturated rings. The van der Waals surface area contributed by atoms with Gasteiger partial charge >= 0.3 is 0 Å². The van der Waals surface area contributed by atoms with Crippen LogP contribution in [0.3, 0.4) is 0 Å². The minimum Gasteiger partial charge on any atom is -0.0884 e. The van der Waals surface area contributed by atoms with Gasteiger partial charge in [-0.1, -0.05) is 69.8 Å². The molecule has 0 aromatic carbocycles. The van der Waals surface area contributed by atoms with Crippen LogP contribution in [0.5, 0.6) is 0 Å². The van der Waals surface area contributed by atoms with Gasteiger partial charge in [0.25, 0.3) is 0 Å². The van der Waals surface area contributed by atoms with E-state index >= 15 is 0 Å². The van der Waals surface area contributed by atoms with Crippen molar-refractivity contribution in [2.75, 3.05) is 0 Å². The van der Waals surface area contributed by atoms with Crippen molar-refractivity contribution in [3.05, 3.63) is 10.6 Å². The maximum Gasteiger partial charge on any atom is 0.0612 e. The zero-order valence-corrected chi connectivity index (χ0v) is 14.2. The number of hydrogen-bond donors (Lipinski definition) is 0. The van der Waals surface area contributed by atoms with E-state index in [0.29, 0.717) is 9.65 Å². The second-order valence-corrected chi connectivity index (χ2v) is 9.73. The quantitative estimate of drug-likeness (QED) is 0.468. The summed E-state index contributed by atoms with van der Waals surface area (Å²) in [5.41, 5.74) is 0. The van der Waals surface area contributed by atoms with Crippen LogP contribution in [0.4, 0.5) is 0 Å². The highest BCUT2D eigenvalue weighted by molar-refractivity contribution is 9.13. The standard InChI is InChI=1S/C11H10Br4/c12-5-2-11(15)8-3-1-4(6(5)8)9(13)7(3)10(11)14/h2-4,6-10H,1H2/t3-,4+,6+,7-,8+,9-,10-,11+/m0/s1. The molecule has 82 valence electrons. The van der Waals surface area contributed by atoms with Crippen molar-refractivity contribution in [1.29, 1.82) is 0 Å². The predicted octanol–water partition coefficient (Wildman–Crippen LogP) is 4.45. The first-order valence-electron chi connectivity index (χ1n) is 5.41. The zero-order chi connectivity index (χ0) is 10.5. The summed E-state index contributed by atoms with van der Waals surface area (Å²) in [6.07, 6.45) is 3.86. The topological polar surface area (TPSA) is 0 Å². The molecule has 4 rings (SSSR count). The average molecular weight is 462 g/mol. The van der Waals surface area contributed by atoms with Crippen LogP contribution in [0.1, 0.15) is 6.42 Å². The van der Waals surface area contributed by atoms with Crippen molar-refractivity contribution in [2.45, 2.75) is 20.4 Å². The van der Waals surface area contributed by atoms with Crippen LogP contribution >= 0.6 is 63.7 Å². The maximum absolute atomic E-state index is 4.02. The van der Waals surface area contributed by atoms with Crippen molar-refractivity contribution in [1.82, 2.24) is 0 Å². The van der Waals surface area contributed by atoms with Gasteiger partial charge in [-0.3, -0.25) is 0 Å². The molecule has 0 aromatic rings. The molecule has 0 aliphatic heterocycles. The van der Waals surface area contributed by atoms with Crippen LogP contribution in [0.25, 0.3) is 0 Å². The first kappa shape index (κ1) is 10.6. The van der Waals surface area contributed by atoms with Gasteiger partial charge in [-0.05, 0) is 40.5 Å². The van der Waals surface area contributed by atoms with Gasteiger partial charge in [0, 0.05) is 9.65 Å². The first-order valence-corrected chi connectivity index (χ1v) is 8.82. The van der Waals surface area contributed by atoms with Gasteiger partial charge < -0.3 is 0 Å². The summed E-state index contributed by atoms with van der Waals surface area (Å²) >= 11 is 15.7. The lowest BCUT2D eigenvalue weighted by Crippen LogP contribution is -2.30. The molecule has 0 spiro atoms. The van der Waals surface area contributed by atoms with Crippen molar-refractivity contribution in [2.24, 2.45) is 29.6 Å². The second-order valence-electron chi connectivity index (χ2n) is 5.40. The lowest BCUT2D eigenvalue weighted by atomic mass is 9.81. The highest BCUT2D eigenvalue weighted by atomic mass is 79.9. The number of hydrogen-bond acceptors (Lipinski definition) is 0. The zero-order valence-electron chi connectivity index (χ0n) is 7.84. The van der Waals surface area contributed by atoms with E-state index < -0.39 is 0 Å². The van der Waals surface area contributed by atoms with E-state index in [4.69, 9.17) is 0 Å². The molecule has 4 heteroatoms. The Morgan fingerprint density at radius 3 is 2.73 bits per heavy atom. The lowest BCUT2D eigenvalue weighted by Gasteiger charge is -2.30. The van der Waals surface area contributed by atoms with E-state index in [1.54, 1.807) is 0 Å². The van der Waals surface area contributed by atoms with Gasteiger partial charge in [0.1, 0.15) is 0 Å². The molecule has 0 aromatic heterocycles. The molecular formula is C11H10Br4. The normalized spacial score (nSPS) is 69.1. The first-order chi connectivity index (χ1) is 7.05. The highest BCUT2D eigenvalue weighted by Gasteiger charge is 2.73. The molecule has 15 heavy (non-hydrogen) atoms. The predicted molar refractivity (Wildman–Crippen MR) is 76.2 cm³/mol. The van der Waals surface area contributed by atoms with Gasteiger partial charge in [-0.2, -0.15) is 0 Å². The molecule has 0 nitrogen and oxygen atoms in total. The lowest BCUT2D eigenvalue weighted by molar-refractivity contribution is 0.286. The van der Waals surface area contributed by atoms with Crippen LogP contribution in [0.15, 0.2) is 10.6 Å². The molecular weight excluding hydrogens is 452 g/mol. The smallest absolute Gasteiger partial charge is 0.0612 e. The Bertz CT molecular complexity index is 379. The summed E-state index contributed by atoms with van der Waals surface area (Å²) in [6.45, 7) is 0. The fourth-order valence-corrected chi connectivity index (χ4v) is 10.0.